The van der Waals surface area contributed by atoms with Crippen LogP contribution in [0.4, 0.5) is 5.69 Å². The van der Waals surface area contributed by atoms with Crippen LogP contribution in [0.1, 0.15) is 37.0 Å². The van der Waals surface area contributed by atoms with Crippen LogP contribution in [-0.2, 0) is 4.79 Å². The lowest BCUT2D eigenvalue weighted by Gasteiger charge is -2.15. The highest BCUT2D eigenvalue weighted by Crippen LogP contribution is 2.20. The van der Waals surface area contributed by atoms with Crippen LogP contribution in [0.5, 0.6) is 5.75 Å². The Bertz CT molecular complexity index is 488. The van der Waals surface area contributed by atoms with Crippen LogP contribution in [0.25, 0.3) is 0 Å². The molecule has 0 saturated heterocycles. The van der Waals surface area contributed by atoms with Gasteiger partial charge in [-0.15, -0.1) is 0 Å². The largest absolute Gasteiger partial charge is 0.481 e. The monoisotopic (exact) mass is 280 g/mol. The number of aromatic carboxylic acids is 1. The van der Waals surface area contributed by atoms with Crippen molar-refractivity contribution in [1.82, 2.24) is 5.32 Å². The molecule has 1 amide bonds. The predicted octanol–water partition coefficient (Wildman–Crippen LogP) is 1.65. The molecule has 6 nitrogen and oxygen atoms in total. The highest BCUT2D eigenvalue weighted by atomic mass is 16.5. The topological polar surface area (TPSA) is 102 Å². The third kappa shape index (κ3) is 4.46. The van der Waals surface area contributed by atoms with Crippen LogP contribution in [0.2, 0.25) is 0 Å². The van der Waals surface area contributed by atoms with Crippen molar-refractivity contribution in [3.05, 3.63) is 23.8 Å². The third-order valence-corrected chi connectivity index (χ3v) is 2.77. The SMILES string of the molecule is CCCCNC(=O)C(C)Oc1ccc(C(=O)O)c(N)c1. The van der Waals surface area contributed by atoms with Crippen LogP contribution < -0.4 is 15.8 Å². The van der Waals surface area contributed by atoms with Gasteiger partial charge in [0, 0.05) is 18.3 Å². The molecule has 1 rings (SSSR count). The quantitative estimate of drug-likeness (QED) is 0.520. The maximum Gasteiger partial charge on any atom is 0.337 e. The molecule has 6 heteroatoms. The first-order valence-corrected chi connectivity index (χ1v) is 6.53. The summed E-state index contributed by atoms with van der Waals surface area (Å²) in [5, 5.41) is 11.6. The number of carboxylic acids is 1. The maximum atomic E-state index is 11.7. The van der Waals surface area contributed by atoms with Crippen molar-refractivity contribution in [3.8, 4) is 5.75 Å². The Morgan fingerprint density at radius 1 is 1.45 bits per heavy atom. The number of carbonyl (C=O) groups is 2. The van der Waals surface area contributed by atoms with Crippen LogP contribution >= 0.6 is 0 Å². The van der Waals surface area contributed by atoms with Crippen molar-refractivity contribution < 1.29 is 19.4 Å². The summed E-state index contributed by atoms with van der Waals surface area (Å²) in [6, 6.07) is 4.24. The summed E-state index contributed by atoms with van der Waals surface area (Å²) in [4.78, 5) is 22.5. The minimum absolute atomic E-state index is 0.0115. The number of nitrogen functional groups attached to an aromatic ring is 1. The van der Waals surface area contributed by atoms with Gasteiger partial charge in [0.1, 0.15) is 5.75 Å². The number of carbonyl (C=O) groups excluding carboxylic acids is 1. The standard InChI is InChI=1S/C14H20N2O4/c1-3-4-7-16-13(17)9(2)20-10-5-6-11(14(18)19)12(15)8-10/h5-6,8-9H,3-4,7,15H2,1-2H3,(H,16,17)(H,18,19). The maximum absolute atomic E-state index is 11.7. The normalized spacial score (nSPS) is 11.7. The number of hydrogen-bond donors (Lipinski definition) is 3. The molecule has 1 aromatic carbocycles. The van der Waals surface area contributed by atoms with Gasteiger partial charge in [-0.3, -0.25) is 4.79 Å². The first-order valence-electron chi connectivity index (χ1n) is 6.53. The van der Waals surface area contributed by atoms with Crippen molar-refractivity contribution >= 4 is 17.6 Å². The Labute approximate surface area is 117 Å². The highest BCUT2D eigenvalue weighted by molar-refractivity contribution is 5.93. The van der Waals surface area contributed by atoms with E-state index in [1.807, 2.05) is 6.92 Å². The van der Waals surface area contributed by atoms with Crippen molar-refractivity contribution in [3.63, 3.8) is 0 Å². The van der Waals surface area contributed by atoms with Gasteiger partial charge < -0.3 is 20.9 Å². The molecular weight excluding hydrogens is 260 g/mol. The molecule has 1 aromatic rings. The lowest BCUT2D eigenvalue weighted by molar-refractivity contribution is -0.127. The number of carboxylic acid groups (broad SMARTS) is 1. The van der Waals surface area contributed by atoms with E-state index in [4.69, 9.17) is 15.6 Å². The average Bonchev–Trinajstić information content (AvgIpc) is 2.38. The molecule has 0 aromatic heterocycles. The van der Waals surface area contributed by atoms with Gasteiger partial charge in [0.25, 0.3) is 5.91 Å². The summed E-state index contributed by atoms with van der Waals surface area (Å²) < 4.78 is 5.44. The van der Waals surface area contributed by atoms with Crippen LogP contribution in [0, 0.1) is 0 Å². The third-order valence-electron chi connectivity index (χ3n) is 2.77. The smallest absolute Gasteiger partial charge is 0.337 e. The number of nitrogens with one attached hydrogen (secondary N) is 1. The summed E-state index contributed by atoms with van der Waals surface area (Å²) >= 11 is 0. The number of unbranched alkanes of at least 4 members (excludes halogenated alkanes) is 1. The molecule has 0 bridgehead atoms. The van der Waals surface area contributed by atoms with Gasteiger partial charge in [0.05, 0.1) is 5.56 Å². The number of amides is 1. The molecule has 0 saturated carbocycles. The minimum Gasteiger partial charge on any atom is -0.481 e. The Hall–Kier alpha value is -2.24. The second-order valence-corrected chi connectivity index (χ2v) is 4.46. The Balaban J connectivity index is 2.62. The number of rotatable bonds is 7. The Morgan fingerprint density at radius 2 is 2.15 bits per heavy atom. The Kier molecular flexibility index (Phi) is 5.83. The fourth-order valence-electron chi connectivity index (χ4n) is 1.60. The second kappa shape index (κ2) is 7.37. The van der Waals surface area contributed by atoms with Crippen molar-refractivity contribution in [2.45, 2.75) is 32.8 Å². The van der Waals surface area contributed by atoms with Crippen LogP contribution in [0.15, 0.2) is 18.2 Å². The molecule has 0 radical (unpaired) electrons. The van der Waals surface area contributed by atoms with Crippen LogP contribution in [0.3, 0.4) is 0 Å². The molecule has 0 aliphatic rings. The highest BCUT2D eigenvalue weighted by Gasteiger charge is 2.15. The van der Waals surface area contributed by atoms with E-state index in [1.165, 1.54) is 18.2 Å². The van der Waals surface area contributed by atoms with Gasteiger partial charge in [-0.25, -0.2) is 4.79 Å². The first-order chi connectivity index (χ1) is 9.45. The van der Waals surface area contributed by atoms with E-state index in [0.717, 1.165) is 12.8 Å². The number of hydrogen-bond acceptors (Lipinski definition) is 4. The predicted molar refractivity (Wildman–Crippen MR) is 75.8 cm³/mol. The number of nitrogens with two attached hydrogens (primary N) is 1. The molecule has 0 aliphatic heterocycles. The summed E-state index contributed by atoms with van der Waals surface area (Å²) in [7, 11) is 0. The van der Waals surface area contributed by atoms with E-state index in [1.54, 1.807) is 6.92 Å². The summed E-state index contributed by atoms with van der Waals surface area (Å²) in [6.07, 6.45) is 1.25. The zero-order valence-corrected chi connectivity index (χ0v) is 11.7. The van der Waals surface area contributed by atoms with E-state index >= 15 is 0 Å². The van der Waals surface area contributed by atoms with E-state index in [9.17, 15) is 9.59 Å². The molecular formula is C14H20N2O4. The van der Waals surface area contributed by atoms with E-state index < -0.39 is 12.1 Å². The fraction of sp³-hybridized carbons (Fsp3) is 0.429. The van der Waals surface area contributed by atoms with Crippen molar-refractivity contribution in [2.24, 2.45) is 0 Å². The molecule has 4 N–H and O–H groups in total. The molecule has 0 heterocycles. The molecule has 1 unspecified atom stereocenters. The van der Waals surface area contributed by atoms with Crippen molar-refractivity contribution in [2.75, 3.05) is 12.3 Å². The molecule has 1 atom stereocenters. The van der Waals surface area contributed by atoms with Gasteiger partial charge in [0.15, 0.2) is 6.10 Å². The van der Waals surface area contributed by atoms with E-state index in [2.05, 4.69) is 5.32 Å². The van der Waals surface area contributed by atoms with Gasteiger partial charge in [-0.05, 0) is 25.5 Å². The average molecular weight is 280 g/mol. The molecule has 110 valence electrons. The van der Waals surface area contributed by atoms with Crippen molar-refractivity contribution in [1.29, 1.82) is 0 Å². The van der Waals surface area contributed by atoms with Gasteiger partial charge in [-0.1, -0.05) is 13.3 Å². The zero-order chi connectivity index (χ0) is 15.1. The lowest BCUT2D eigenvalue weighted by Crippen LogP contribution is -2.36. The Morgan fingerprint density at radius 3 is 2.70 bits per heavy atom. The lowest BCUT2D eigenvalue weighted by atomic mass is 10.2. The van der Waals surface area contributed by atoms with Gasteiger partial charge in [0.2, 0.25) is 0 Å². The number of benzene rings is 1. The molecule has 0 spiro atoms. The van der Waals surface area contributed by atoms with Gasteiger partial charge in [-0.2, -0.15) is 0 Å². The second-order valence-electron chi connectivity index (χ2n) is 4.46. The minimum atomic E-state index is -1.10. The van der Waals surface area contributed by atoms with Crippen LogP contribution in [-0.4, -0.2) is 29.6 Å². The molecule has 0 aliphatic carbocycles. The summed E-state index contributed by atoms with van der Waals surface area (Å²) in [6.45, 7) is 4.28. The van der Waals surface area contributed by atoms with E-state index in [0.29, 0.717) is 12.3 Å². The first kappa shape index (κ1) is 15.8. The zero-order valence-electron chi connectivity index (χ0n) is 11.7. The fourth-order valence-corrected chi connectivity index (χ4v) is 1.60. The number of ether oxygens (including phenoxy) is 1. The van der Waals surface area contributed by atoms with E-state index in [-0.39, 0.29) is 17.2 Å². The molecule has 20 heavy (non-hydrogen) atoms. The number of anilines is 1. The van der Waals surface area contributed by atoms with Gasteiger partial charge >= 0.3 is 5.97 Å². The summed E-state index contributed by atoms with van der Waals surface area (Å²) in [5.74, 6) is -0.940. The summed E-state index contributed by atoms with van der Waals surface area (Å²) in [5.41, 5.74) is 5.73. The molecule has 0 fully saturated rings.